The van der Waals surface area contributed by atoms with E-state index in [0.717, 1.165) is 27.1 Å². The molecule has 1 aliphatic rings. The molecule has 2 aromatic carbocycles. The van der Waals surface area contributed by atoms with Crippen molar-refractivity contribution in [3.8, 4) is 0 Å². The summed E-state index contributed by atoms with van der Waals surface area (Å²) in [6.45, 7) is 5.56. The number of amides is 2. The molecule has 1 atom stereocenters. The molecule has 6 nitrogen and oxygen atoms in total. The molecule has 174 valence electrons. The monoisotopic (exact) mass is 485 g/mol. The van der Waals surface area contributed by atoms with Gasteiger partial charge in [-0.3, -0.25) is 14.5 Å². The summed E-state index contributed by atoms with van der Waals surface area (Å²) in [6.07, 6.45) is 0.706. The van der Waals surface area contributed by atoms with Gasteiger partial charge in [0.15, 0.2) is 0 Å². The summed E-state index contributed by atoms with van der Waals surface area (Å²) in [5.74, 6) is -0.0673. The Morgan fingerprint density at radius 2 is 2.06 bits per heavy atom. The third kappa shape index (κ3) is 4.63. The quantitative estimate of drug-likeness (QED) is 0.485. The van der Waals surface area contributed by atoms with Crippen molar-refractivity contribution >= 4 is 51.8 Å². The number of anilines is 1. The fourth-order valence-corrected chi connectivity index (χ4v) is 5.64. The van der Waals surface area contributed by atoms with Crippen molar-refractivity contribution in [2.45, 2.75) is 31.3 Å². The van der Waals surface area contributed by atoms with E-state index in [9.17, 15) is 9.59 Å². The Labute approximate surface area is 203 Å². The molecule has 1 aliphatic heterocycles. The molecular weight excluding hydrogens is 458 g/mol. The molecule has 0 radical (unpaired) electrons. The van der Waals surface area contributed by atoms with Gasteiger partial charge in [0, 0.05) is 54.0 Å². The number of carbonyl (C=O) groups is 2. The summed E-state index contributed by atoms with van der Waals surface area (Å²) in [6, 6.07) is 12.6. The number of nitrogens with one attached hydrogen (secondary N) is 1. The first-order valence-electron chi connectivity index (χ1n) is 11.1. The van der Waals surface area contributed by atoms with Crippen molar-refractivity contribution in [1.29, 1.82) is 0 Å². The summed E-state index contributed by atoms with van der Waals surface area (Å²) in [5.41, 5.74) is 3.44. The number of aromatic nitrogens is 1. The van der Waals surface area contributed by atoms with E-state index in [-0.39, 0.29) is 17.6 Å². The van der Waals surface area contributed by atoms with Gasteiger partial charge >= 0.3 is 0 Å². The normalized spacial score (nSPS) is 16.1. The van der Waals surface area contributed by atoms with Gasteiger partial charge in [-0.15, -0.1) is 0 Å². The number of fused-ring (bicyclic) bond motifs is 3. The minimum atomic E-state index is -0.791. The van der Waals surface area contributed by atoms with E-state index in [1.165, 1.54) is 11.8 Å². The number of benzene rings is 2. The fraction of sp³-hybridized carbons (Fsp3) is 0.360. The first kappa shape index (κ1) is 23.7. The largest absolute Gasteiger partial charge is 0.382 e. The number of para-hydroxylation sites is 1. The highest BCUT2D eigenvalue weighted by molar-refractivity contribution is 8.00. The smallest absolute Gasteiger partial charge is 0.247 e. The average Bonchev–Trinajstić information content (AvgIpc) is 2.97. The summed E-state index contributed by atoms with van der Waals surface area (Å²) >= 11 is 7.67. The number of hydrogen-bond donors (Lipinski definition) is 1. The maximum absolute atomic E-state index is 13.7. The fourth-order valence-electron chi connectivity index (χ4n) is 4.35. The van der Waals surface area contributed by atoms with E-state index >= 15 is 0 Å². The van der Waals surface area contributed by atoms with Gasteiger partial charge in [-0.2, -0.15) is 0 Å². The first-order chi connectivity index (χ1) is 15.9. The first-order valence-corrected chi connectivity index (χ1v) is 12.4. The van der Waals surface area contributed by atoms with Gasteiger partial charge in [-0.25, -0.2) is 0 Å². The molecule has 2 amide bonds. The summed E-state index contributed by atoms with van der Waals surface area (Å²) < 4.78 is 7.48. The van der Waals surface area contributed by atoms with Gasteiger partial charge in [0.05, 0.1) is 10.8 Å². The van der Waals surface area contributed by atoms with Crippen LogP contribution in [0.2, 0.25) is 5.02 Å². The standard InChI is InChI=1S/C25H28ClN3O3S/c1-4-32-13-7-12-27-24(31)23-22-18-8-5-6-9-20(18)28(3)25(22)33-15-21(30)29(23)19-11-10-17(26)14-16(19)2/h5-6,8-11,14,23H,4,7,12-13,15H2,1-3H3,(H,27,31). The number of ether oxygens (including phenoxy) is 1. The van der Waals surface area contributed by atoms with Gasteiger partial charge in [-0.1, -0.05) is 41.6 Å². The van der Waals surface area contributed by atoms with Gasteiger partial charge in [0.1, 0.15) is 6.04 Å². The van der Waals surface area contributed by atoms with Crippen LogP contribution >= 0.6 is 23.4 Å². The van der Waals surface area contributed by atoms with Gasteiger partial charge in [0.2, 0.25) is 11.8 Å². The lowest BCUT2D eigenvalue weighted by atomic mass is 10.0. The Kier molecular flexibility index (Phi) is 7.32. The molecule has 0 saturated heterocycles. The number of thioether (sulfide) groups is 1. The van der Waals surface area contributed by atoms with Crippen LogP contribution in [0.4, 0.5) is 5.69 Å². The number of halogens is 1. The highest BCUT2D eigenvalue weighted by Gasteiger charge is 2.40. The van der Waals surface area contributed by atoms with E-state index in [1.807, 2.05) is 57.3 Å². The van der Waals surface area contributed by atoms with E-state index in [2.05, 4.69) is 9.88 Å². The van der Waals surface area contributed by atoms with Gasteiger partial charge in [-0.05, 0) is 50.1 Å². The lowest BCUT2D eigenvalue weighted by Crippen LogP contribution is -2.44. The molecule has 8 heteroatoms. The predicted molar refractivity (Wildman–Crippen MR) is 134 cm³/mol. The maximum Gasteiger partial charge on any atom is 0.247 e. The average molecular weight is 486 g/mol. The molecule has 4 rings (SSSR count). The van der Waals surface area contributed by atoms with Crippen LogP contribution in [-0.4, -0.2) is 41.9 Å². The lowest BCUT2D eigenvalue weighted by molar-refractivity contribution is -0.125. The van der Waals surface area contributed by atoms with Crippen molar-refractivity contribution in [1.82, 2.24) is 9.88 Å². The van der Waals surface area contributed by atoms with Crippen molar-refractivity contribution in [2.24, 2.45) is 7.05 Å². The molecule has 3 aromatic rings. The Hall–Kier alpha value is -2.48. The van der Waals surface area contributed by atoms with Crippen LogP contribution in [0.25, 0.3) is 10.9 Å². The van der Waals surface area contributed by atoms with Crippen LogP contribution < -0.4 is 10.2 Å². The zero-order chi connectivity index (χ0) is 23.5. The van der Waals surface area contributed by atoms with Crippen LogP contribution in [-0.2, 0) is 21.4 Å². The topological polar surface area (TPSA) is 63.6 Å². The van der Waals surface area contributed by atoms with Crippen LogP contribution in [0, 0.1) is 6.92 Å². The molecule has 0 saturated carbocycles. The summed E-state index contributed by atoms with van der Waals surface area (Å²) in [4.78, 5) is 28.8. The third-order valence-electron chi connectivity index (χ3n) is 5.86. The SMILES string of the molecule is CCOCCCNC(=O)C1c2c(n(C)c3ccccc23)SCC(=O)N1c1ccc(Cl)cc1C. The summed E-state index contributed by atoms with van der Waals surface area (Å²) in [7, 11) is 1.99. The minimum Gasteiger partial charge on any atom is -0.382 e. The van der Waals surface area contributed by atoms with Crippen molar-refractivity contribution in [3.05, 3.63) is 58.6 Å². The van der Waals surface area contributed by atoms with Crippen molar-refractivity contribution < 1.29 is 14.3 Å². The molecular formula is C25H28ClN3O3S. The van der Waals surface area contributed by atoms with E-state index < -0.39 is 6.04 Å². The maximum atomic E-state index is 13.7. The Morgan fingerprint density at radius 1 is 1.27 bits per heavy atom. The van der Waals surface area contributed by atoms with Crippen LogP contribution in [0.3, 0.4) is 0 Å². The van der Waals surface area contributed by atoms with Crippen molar-refractivity contribution in [3.63, 3.8) is 0 Å². The molecule has 33 heavy (non-hydrogen) atoms. The zero-order valence-electron chi connectivity index (χ0n) is 19.1. The molecule has 1 N–H and O–H groups in total. The van der Waals surface area contributed by atoms with Crippen LogP contribution in [0.15, 0.2) is 47.5 Å². The van der Waals surface area contributed by atoms with Crippen LogP contribution in [0.1, 0.15) is 30.5 Å². The van der Waals surface area contributed by atoms with Crippen LogP contribution in [0.5, 0.6) is 0 Å². The molecule has 1 unspecified atom stereocenters. The lowest BCUT2D eigenvalue weighted by Gasteiger charge is -2.31. The molecule has 0 aliphatic carbocycles. The zero-order valence-corrected chi connectivity index (χ0v) is 20.6. The Morgan fingerprint density at radius 3 is 2.82 bits per heavy atom. The van der Waals surface area contributed by atoms with Gasteiger partial charge in [0.25, 0.3) is 0 Å². The number of aryl methyl sites for hydroxylation is 2. The predicted octanol–water partition coefficient (Wildman–Crippen LogP) is 4.86. The second kappa shape index (κ2) is 10.2. The van der Waals surface area contributed by atoms with E-state index in [4.69, 9.17) is 16.3 Å². The summed E-state index contributed by atoms with van der Waals surface area (Å²) in [5, 5.41) is 5.55. The molecule has 2 heterocycles. The Balaban J connectivity index is 1.83. The van der Waals surface area contributed by atoms with Crippen molar-refractivity contribution in [2.75, 3.05) is 30.4 Å². The van der Waals surface area contributed by atoms with E-state index in [1.54, 1.807) is 11.0 Å². The molecule has 1 aromatic heterocycles. The third-order valence-corrected chi connectivity index (χ3v) is 7.25. The van der Waals surface area contributed by atoms with Gasteiger partial charge < -0.3 is 14.6 Å². The number of hydrogen-bond acceptors (Lipinski definition) is 4. The second-order valence-corrected chi connectivity index (χ2v) is 9.42. The number of carbonyl (C=O) groups excluding carboxylic acids is 2. The minimum absolute atomic E-state index is 0.111. The highest BCUT2D eigenvalue weighted by atomic mass is 35.5. The van der Waals surface area contributed by atoms with E-state index in [0.29, 0.717) is 36.9 Å². The Bertz CT molecular complexity index is 1190. The second-order valence-electron chi connectivity index (χ2n) is 8.02. The number of rotatable bonds is 7. The molecule has 0 spiro atoms. The molecule has 0 bridgehead atoms. The molecule has 0 fully saturated rings. The number of nitrogens with zero attached hydrogens (tertiary/aromatic N) is 2. The highest BCUT2D eigenvalue weighted by Crippen LogP contribution is 2.44.